The van der Waals surface area contributed by atoms with Crippen molar-refractivity contribution in [3.8, 4) is 0 Å². The van der Waals surface area contributed by atoms with Crippen LogP contribution in [0, 0.1) is 5.82 Å². The molecule has 21 heavy (non-hydrogen) atoms. The molecule has 0 spiro atoms. The topological polar surface area (TPSA) is 43.1 Å². The van der Waals surface area contributed by atoms with E-state index in [1.807, 2.05) is 12.1 Å². The second-order valence-electron chi connectivity index (χ2n) is 5.88. The van der Waals surface area contributed by atoms with Gasteiger partial charge in [-0.1, -0.05) is 45.0 Å². The second kappa shape index (κ2) is 5.68. The Kier molecular flexibility index (Phi) is 4.12. The number of anilines is 1. The number of carbonyl (C=O) groups is 1. The van der Waals surface area contributed by atoms with Crippen molar-refractivity contribution < 1.29 is 9.18 Å². The summed E-state index contributed by atoms with van der Waals surface area (Å²) in [6.45, 7) is 6.44. The van der Waals surface area contributed by atoms with Crippen LogP contribution < -0.4 is 5.73 Å². The summed E-state index contributed by atoms with van der Waals surface area (Å²) in [5, 5.41) is 0. The highest BCUT2D eigenvalue weighted by Crippen LogP contribution is 2.27. The lowest BCUT2D eigenvalue weighted by atomic mass is 9.82. The van der Waals surface area contributed by atoms with E-state index in [0.717, 1.165) is 6.42 Å². The molecule has 2 nitrogen and oxygen atoms in total. The third kappa shape index (κ3) is 3.13. The lowest BCUT2D eigenvalue weighted by Crippen LogP contribution is -2.15. The molecule has 0 fully saturated rings. The van der Waals surface area contributed by atoms with Crippen LogP contribution in [0.15, 0.2) is 42.5 Å². The summed E-state index contributed by atoms with van der Waals surface area (Å²) in [5.41, 5.74) is 7.57. The van der Waals surface area contributed by atoms with E-state index in [4.69, 9.17) is 5.73 Å². The minimum Gasteiger partial charge on any atom is -0.399 e. The van der Waals surface area contributed by atoms with Gasteiger partial charge in [0.2, 0.25) is 0 Å². The number of carbonyl (C=O) groups excluding carboxylic acids is 1. The van der Waals surface area contributed by atoms with E-state index in [0.29, 0.717) is 11.3 Å². The third-order valence-corrected chi connectivity index (χ3v) is 4.05. The molecule has 0 saturated heterocycles. The number of halogens is 1. The molecule has 2 aromatic rings. The van der Waals surface area contributed by atoms with Crippen LogP contribution in [0.25, 0.3) is 0 Å². The first-order valence-corrected chi connectivity index (χ1v) is 7.05. The van der Waals surface area contributed by atoms with E-state index in [1.165, 1.54) is 23.8 Å². The molecule has 0 aliphatic heterocycles. The normalized spacial score (nSPS) is 11.4. The lowest BCUT2D eigenvalue weighted by molar-refractivity contribution is 0.103. The maximum atomic E-state index is 13.8. The molecule has 0 bridgehead atoms. The Labute approximate surface area is 124 Å². The first-order valence-electron chi connectivity index (χ1n) is 7.05. The van der Waals surface area contributed by atoms with Crippen LogP contribution in [-0.4, -0.2) is 5.78 Å². The van der Waals surface area contributed by atoms with Crippen LogP contribution in [0.4, 0.5) is 10.1 Å². The Morgan fingerprint density at radius 3 is 2.29 bits per heavy atom. The van der Waals surface area contributed by atoms with Gasteiger partial charge >= 0.3 is 0 Å². The van der Waals surface area contributed by atoms with Gasteiger partial charge in [-0.15, -0.1) is 0 Å². The zero-order valence-electron chi connectivity index (χ0n) is 12.6. The van der Waals surface area contributed by atoms with Gasteiger partial charge in [-0.05, 0) is 35.6 Å². The molecule has 0 aliphatic carbocycles. The van der Waals surface area contributed by atoms with Crippen LogP contribution in [0.1, 0.15) is 48.7 Å². The summed E-state index contributed by atoms with van der Waals surface area (Å²) in [7, 11) is 0. The molecular weight excluding hydrogens is 265 g/mol. The Morgan fingerprint density at radius 2 is 1.76 bits per heavy atom. The number of rotatable bonds is 4. The monoisotopic (exact) mass is 285 g/mol. The predicted octanol–water partition coefficient (Wildman–Crippen LogP) is 4.33. The van der Waals surface area contributed by atoms with Gasteiger partial charge in [0.25, 0.3) is 0 Å². The molecule has 0 aromatic heterocycles. The molecule has 0 saturated carbocycles. The summed E-state index contributed by atoms with van der Waals surface area (Å²) in [6, 6.07) is 11.5. The molecular formula is C18H20FNO. The average molecular weight is 285 g/mol. The van der Waals surface area contributed by atoms with Crippen molar-refractivity contribution in [2.45, 2.75) is 32.6 Å². The molecule has 110 valence electrons. The number of hydrogen-bond donors (Lipinski definition) is 1. The predicted molar refractivity (Wildman–Crippen MR) is 84.0 cm³/mol. The molecule has 2 N–H and O–H groups in total. The van der Waals surface area contributed by atoms with Crippen LogP contribution in [0.2, 0.25) is 0 Å². The molecule has 0 aliphatic rings. The lowest BCUT2D eigenvalue weighted by Gasteiger charge is -2.23. The Morgan fingerprint density at radius 1 is 1.14 bits per heavy atom. The number of nitrogen functional groups attached to an aromatic ring is 1. The molecule has 0 radical (unpaired) electrons. The van der Waals surface area contributed by atoms with Crippen molar-refractivity contribution in [3.05, 3.63) is 65.0 Å². The molecule has 0 amide bonds. The Bertz CT molecular complexity index is 659. The van der Waals surface area contributed by atoms with Crippen molar-refractivity contribution in [2.75, 3.05) is 5.73 Å². The second-order valence-corrected chi connectivity index (χ2v) is 5.88. The van der Waals surface area contributed by atoms with Gasteiger partial charge < -0.3 is 5.73 Å². The van der Waals surface area contributed by atoms with Crippen molar-refractivity contribution in [1.29, 1.82) is 0 Å². The summed E-state index contributed by atoms with van der Waals surface area (Å²) in [4.78, 5) is 12.3. The quantitative estimate of drug-likeness (QED) is 0.671. The highest BCUT2D eigenvalue weighted by molar-refractivity contribution is 6.09. The zero-order valence-corrected chi connectivity index (χ0v) is 12.6. The van der Waals surface area contributed by atoms with Gasteiger partial charge in [0, 0.05) is 11.3 Å². The maximum absolute atomic E-state index is 13.8. The van der Waals surface area contributed by atoms with Gasteiger partial charge in [0.05, 0.1) is 5.56 Å². The summed E-state index contributed by atoms with van der Waals surface area (Å²) in [6.07, 6.45) is 1.01. The van der Waals surface area contributed by atoms with Crippen LogP contribution >= 0.6 is 0 Å². The van der Waals surface area contributed by atoms with Crippen LogP contribution in [0.3, 0.4) is 0 Å². The fraction of sp³-hybridized carbons (Fsp3) is 0.278. The smallest absolute Gasteiger partial charge is 0.195 e. The SMILES string of the molecule is CCC(C)(C)c1ccc(C(=O)c2ccc(N)cc2F)cc1. The van der Waals surface area contributed by atoms with E-state index >= 15 is 0 Å². The molecule has 0 atom stereocenters. The minimum atomic E-state index is -0.585. The van der Waals surface area contributed by atoms with Gasteiger partial charge in [-0.25, -0.2) is 4.39 Å². The standard InChI is InChI=1S/C18H20FNO/c1-4-18(2,3)13-7-5-12(6-8-13)17(21)15-10-9-14(20)11-16(15)19/h5-11H,4,20H2,1-3H3. The van der Waals surface area contributed by atoms with Gasteiger partial charge in [0.1, 0.15) is 5.82 Å². The van der Waals surface area contributed by atoms with Crippen molar-refractivity contribution in [3.63, 3.8) is 0 Å². The number of benzene rings is 2. The highest BCUT2D eigenvalue weighted by atomic mass is 19.1. The van der Waals surface area contributed by atoms with E-state index in [9.17, 15) is 9.18 Å². The van der Waals surface area contributed by atoms with Crippen molar-refractivity contribution in [1.82, 2.24) is 0 Å². The van der Waals surface area contributed by atoms with Gasteiger partial charge in [0.15, 0.2) is 5.78 Å². The highest BCUT2D eigenvalue weighted by Gasteiger charge is 2.19. The average Bonchev–Trinajstić information content (AvgIpc) is 2.47. The van der Waals surface area contributed by atoms with E-state index in [2.05, 4.69) is 20.8 Å². The Balaban J connectivity index is 2.32. The van der Waals surface area contributed by atoms with E-state index in [-0.39, 0.29) is 16.8 Å². The van der Waals surface area contributed by atoms with E-state index in [1.54, 1.807) is 12.1 Å². The largest absolute Gasteiger partial charge is 0.399 e. The number of hydrogen-bond acceptors (Lipinski definition) is 2. The van der Waals surface area contributed by atoms with Gasteiger partial charge in [-0.2, -0.15) is 0 Å². The van der Waals surface area contributed by atoms with Crippen LogP contribution in [-0.2, 0) is 5.41 Å². The summed E-state index contributed by atoms with van der Waals surface area (Å²) >= 11 is 0. The fourth-order valence-electron chi connectivity index (χ4n) is 2.15. The van der Waals surface area contributed by atoms with E-state index < -0.39 is 5.82 Å². The molecule has 3 heteroatoms. The molecule has 0 unspecified atom stereocenters. The van der Waals surface area contributed by atoms with Crippen molar-refractivity contribution >= 4 is 11.5 Å². The fourth-order valence-corrected chi connectivity index (χ4v) is 2.15. The summed E-state index contributed by atoms with van der Waals surface area (Å²) in [5.74, 6) is -0.911. The number of nitrogens with two attached hydrogens (primary N) is 1. The minimum absolute atomic E-state index is 0.0479. The van der Waals surface area contributed by atoms with Crippen LogP contribution in [0.5, 0.6) is 0 Å². The zero-order chi connectivity index (χ0) is 15.6. The number of ketones is 1. The maximum Gasteiger partial charge on any atom is 0.195 e. The molecule has 0 heterocycles. The van der Waals surface area contributed by atoms with Gasteiger partial charge in [-0.3, -0.25) is 4.79 Å². The van der Waals surface area contributed by atoms with Crippen molar-refractivity contribution in [2.24, 2.45) is 0 Å². The Hall–Kier alpha value is -2.16. The molecule has 2 rings (SSSR count). The first kappa shape index (κ1) is 15.2. The first-order chi connectivity index (χ1) is 9.85. The summed E-state index contributed by atoms with van der Waals surface area (Å²) < 4.78 is 13.8. The third-order valence-electron chi connectivity index (χ3n) is 4.05. The molecule has 2 aromatic carbocycles.